The third kappa shape index (κ3) is 6.58. The molecule has 0 aromatic carbocycles. The van der Waals surface area contributed by atoms with E-state index in [0.29, 0.717) is 13.2 Å². The molecule has 0 aliphatic rings. The minimum Gasteiger partial charge on any atom is -0.385 e. The van der Waals surface area contributed by atoms with Crippen molar-refractivity contribution in [3.8, 4) is 0 Å². The lowest BCUT2D eigenvalue weighted by Crippen LogP contribution is -2.17. The Kier molecular flexibility index (Phi) is 8.88. The van der Waals surface area contributed by atoms with Gasteiger partial charge in [-0.2, -0.15) is 0 Å². The van der Waals surface area contributed by atoms with Crippen LogP contribution in [0, 0.1) is 0 Å². The first-order valence-corrected chi connectivity index (χ1v) is 4.57. The van der Waals surface area contributed by atoms with Gasteiger partial charge in [-0.3, -0.25) is 0 Å². The number of rotatable bonds is 8. The molecule has 0 saturated carbocycles. The van der Waals surface area contributed by atoms with E-state index in [9.17, 15) is 0 Å². The van der Waals surface area contributed by atoms with E-state index in [1.54, 1.807) is 7.11 Å². The van der Waals surface area contributed by atoms with E-state index < -0.39 is 0 Å². The topological polar surface area (TPSA) is 27.7 Å². The largest absolute Gasteiger partial charge is 0.385 e. The lowest BCUT2D eigenvalue weighted by atomic mass is 10.3. The number of methoxy groups -OCH3 is 1. The van der Waals surface area contributed by atoms with Crippen molar-refractivity contribution in [3.63, 3.8) is 0 Å². The lowest BCUT2D eigenvalue weighted by Gasteiger charge is -2.16. The molecule has 3 nitrogen and oxygen atoms in total. The minimum atomic E-state index is -0.0462. The fourth-order valence-corrected chi connectivity index (χ4v) is 0.981. The summed E-state index contributed by atoms with van der Waals surface area (Å²) in [5.41, 5.74) is 0. The molecule has 3 heteroatoms. The first kappa shape index (κ1) is 11.9. The fourth-order valence-electron chi connectivity index (χ4n) is 0.981. The van der Waals surface area contributed by atoms with Crippen LogP contribution in [0.25, 0.3) is 0 Å². The van der Waals surface area contributed by atoms with Crippen LogP contribution >= 0.6 is 0 Å². The summed E-state index contributed by atoms with van der Waals surface area (Å²) in [4.78, 5) is 0. The summed E-state index contributed by atoms with van der Waals surface area (Å²) in [6.07, 6.45) is 1.85. The summed E-state index contributed by atoms with van der Waals surface area (Å²) in [5, 5.41) is 0. The standard InChI is InChI=1S/C9H20O3/c1-4-11-9(12-5-2)7-6-8-10-3/h9H,4-8H2,1-3H3. The van der Waals surface area contributed by atoms with E-state index in [1.807, 2.05) is 13.8 Å². The molecule has 0 aromatic rings. The highest BCUT2D eigenvalue weighted by Crippen LogP contribution is 2.04. The highest BCUT2D eigenvalue weighted by Gasteiger charge is 2.06. The van der Waals surface area contributed by atoms with Crippen LogP contribution in [0.4, 0.5) is 0 Å². The van der Waals surface area contributed by atoms with Crippen molar-refractivity contribution in [1.29, 1.82) is 0 Å². The maximum Gasteiger partial charge on any atom is 0.157 e. The van der Waals surface area contributed by atoms with E-state index in [4.69, 9.17) is 14.2 Å². The molecule has 74 valence electrons. The van der Waals surface area contributed by atoms with Gasteiger partial charge in [0, 0.05) is 33.4 Å². The average molecular weight is 176 g/mol. The molecule has 0 aliphatic carbocycles. The lowest BCUT2D eigenvalue weighted by molar-refractivity contribution is -0.141. The van der Waals surface area contributed by atoms with Crippen LogP contribution in [0.5, 0.6) is 0 Å². The zero-order valence-corrected chi connectivity index (χ0v) is 8.34. The molecule has 0 heterocycles. The summed E-state index contributed by atoms with van der Waals surface area (Å²) in [7, 11) is 1.70. The Labute approximate surface area is 75.0 Å². The van der Waals surface area contributed by atoms with Gasteiger partial charge in [-0.15, -0.1) is 0 Å². The Morgan fingerprint density at radius 3 is 2.08 bits per heavy atom. The number of hydrogen-bond donors (Lipinski definition) is 0. The Bertz CT molecular complexity index is 79.8. The average Bonchev–Trinajstić information content (AvgIpc) is 2.06. The van der Waals surface area contributed by atoms with Crippen LogP contribution in [-0.4, -0.2) is 33.2 Å². The Morgan fingerprint density at radius 1 is 1.08 bits per heavy atom. The van der Waals surface area contributed by atoms with Crippen molar-refractivity contribution in [2.45, 2.75) is 33.0 Å². The quantitative estimate of drug-likeness (QED) is 0.417. The second-order valence-electron chi connectivity index (χ2n) is 2.48. The van der Waals surface area contributed by atoms with Gasteiger partial charge in [0.1, 0.15) is 0 Å². The number of ether oxygens (including phenoxy) is 3. The molecular formula is C9H20O3. The van der Waals surface area contributed by atoms with E-state index >= 15 is 0 Å². The van der Waals surface area contributed by atoms with Gasteiger partial charge in [-0.05, 0) is 20.3 Å². The van der Waals surface area contributed by atoms with Crippen LogP contribution in [0.1, 0.15) is 26.7 Å². The molecule has 0 aliphatic heterocycles. The van der Waals surface area contributed by atoms with Crippen LogP contribution < -0.4 is 0 Å². The molecule has 0 atom stereocenters. The molecule has 0 saturated heterocycles. The first-order valence-electron chi connectivity index (χ1n) is 4.57. The van der Waals surface area contributed by atoms with E-state index in [-0.39, 0.29) is 6.29 Å². The van der Waals surface area contributed by atoms with Crippen molar-refractivity contribution in [3.05, 3.63) is 0 Å². The third-order valence-electron chi connectivity index (χ3n) is 1.49. The molecule has 0 bridgehead atoms. The van der Waals surface area contributed by atoms with Gasteiger partial charge in [0.15, 0.2) is 6.29 Å². The molecule has 0 amide bonds. The van der Waals surface area contributed by atoms with Gasteiger partial charge < -0.3 is 14.2 Å². The molecule has 0 spiro atoms. The van der Waals surface area contributed by atoms with Gasteiger partial charge >= 0.3 is 0 Å². The van der Waals surface area contributed by atoms with Crippen molar-refractivity contribution < 1.29 is 14.2 Å². The molecule has 0 N–H and O–H groups in total. The molecular weight excluding hydrogens is 156 g/mol. The summed E-state index contributed by atoms with van der Waals surface area (Å²) >= 11 is 0. The molecule has 0 rings (SSSR count). The van der Waals surface area contributed by atoms with Crippen LogP contribution in [0.2, 0.25) is 0 Å². The minimum absolute atomic E-state index is 0.0462. The summed E-state index contributed by atoms with van der Waals surface area (Å²) in [6.45, 7) is 6.14. The Balaban J connectivity index is 3.34. The first-order chi connectivity index (χ1) is 5.85. The summed E-state index contributed by atoms with van der Waals surface area (Å²) < 4.78 is 15.6. The van der Waals surface area contributed by atoms with Crippen LogP contribution in [0.15, 0.2) is 0 Å². The van der Waals surface area contributed by atoms with Gasteiger partial charge in [-0.1, -0.05) is 0 Å². The van der Waals surface area contributed by atoms with Crippen molar-refractivity contribution in [2.24, 2.45) is 0 Å². The molecule has 0 unspecified atom stereocenters. The normalized spacial score (nSPS) is 11.0. The zero-order chi connectivity index (χ0) is 9.23. The summed E-state index contributed by atoms with van der Waals surface area (Å²) in [6, 6.07) is 0. The SMILES string of the molecule is CCOC(CCCOC)OCC. The second kappa shape index (κ2) is 8.97. The monoisotopic (exact) mass is 176 g/mol. The maximum absolute atomic E-state index is 5.35. The smallest absolute Gasteiger partial charge is 0.157 e. The van der Waals surface area contributed by atoms with Gasteiger partial charge in [0.2, 0.25) is 0 Å². The predicted molar refractivity (Wildman–Crippen MR) is 48.2 cm³/mol. The molecule has 0 fully saturated rings. The Morgan fingerprint density at radius 2 is 1.67 bits per heavy atom. The van der Waals surface area contributed by atoms with Crippen molar-refractivity contribution >= 4 is 0 Å². The van der Waals surface area contributed by atoms with E-state index in [0.717, 1.165) is 19.4 Å². The predicted octanol–water partition coefficient (Wildman–Crippen LogP) is 1.81. The van der Waals surface area contributed by atoms with Crippen molar-refractivity contribution in [1.82, 2.24) is 0 Å². The Hall–Kier alpha value is -0.120. The number of hydrogen-bond acceptors (Lipinski definition) is 3. The molecule has 12 heavy (non-hydrogen) atoms. The van der Waals surface area contributed by atoms with E-state index in [2.05, 4.69) is 0 Å². The third-order valence-corrected chi connectivity index (χ3v) is 1.49. The van der Waals surface area contributed by atoms with Crippen LogP contribution in [0.3, 0.4) is 0 Å². The maximum atomic E-state index is 5.35. The highest BCUT2D eigenvalue weighted by molar-refractivity contribution is 4.45. The van der Waals surface area contributed by atoms with E-state index in [1.165, 1.54) is 0 Å². The second-order valence-corrected chi connectivity index (χ2v) is 2.48. The fraction of sp³-hybridized carbons (Fsp3) is 1.00. The van der Waals surface area contributed by atoms with Crippen molar-refractivity contribution in [2.75, 3.05) is 26.9 Å². The molecule has 0 aromatic heterocycles. The summed E-state index contributed by atoms with van der Waals surface area (Å²) in [5.74, 6) is 0. The molecule has 0 radical (unpaired) electrons. The van der Waals surface area contributed by atoms with Gasteiger partial charge in [-0.25, -0.2) is 0 Å². The van der Waals surface area contributed by atoms with Crippen LogP contribution in [-0.2, 0) is 14.2 Å². The zero-order valence-electron chi connectivity index (χ0n) is 8.34. The van der Waals surface area contributed by atoms with Gasteiger partial charge in [0.05, 0.1) is 0 Å². The van der Waals surface area contributed by atoms with Gasteiger partial charge in [0.25, 0.3) is 0 Å². The highest BCUT2D eigenvalue weighted by atomic mass is 16.7.